The number of carbonyl (C=O) groups is 2. The Hall–Kier alpha value is -1.10. The molecule has 376 valence electrons. The molecule has 0 aliphatic heterocycles. The van der Waals surface area contributed by atoms with Gasteiger partial charge < -0.3 is 14.8 Å². The van der Waals surface area contributed by atoms with E-state index < -0.39 is 6.04 Å². The molecular formula is C58H115NO4. The van der Waals surface area contributed by atoms with Crippen LogP contribution in [-0.2, 0) is 19.1 Å². The molecule has 5 heteroatoms. The largest absolute Gasteiger partial charge is 0.466 e. The maximum atomic E-state index is 13.2. The summed E-state index contributed by atoms with van der Waals surface area (Å²) < 4.78 is 11.4. The van der Waals surface area contributed by atoms with E-state index in [2.05, 4.69) is 26.1 Å². The van der Waals surface area contributed by atoms with E-state index in [9.17, 15) is 9.59 Å². The summed E-state index contributed by atoms with van der Waals surface area (Å²) in [5, 5.41) is 3.39. The molecule has 0 rings (SSSR count). The van der Waals surface area contributed by atoms with Gasteiger partial charge in [-0.2, -0.15) is 0 Å². The Labute approximate surface area is 396 Å². The number of nitrogens with one attached hydrogen (secondary N) is 1. The summed E-state index contributed by atoms with van der Waals surface area (Å²) >= 11 is 0. The zero-order chi connectivity index (χ0) is 45.6. The minimum absolute atomic E-state index is 0.0650. The topological polar surface area (TPSA) is 64.6 Å². The summed E-state index contributed by atoms with van der Waals surface area (Å²) in [5.74, 6) is -0.563. The number of ether oxygens (including phenoxy) is 2. The van der Waals surface area contributed by atoms with Crippen LogP contribution in [0.2, 0.25) is 0 Å². The van der Waals surface area contributed by atoms with Crippen molar-refractivity contribution < 1.29 is 19.1 Å². The highest BCUT2D eigenvalue weighted by molar-refractivity contribution is 5.82. The molecule has 0 spiro atoms. The van der Waals surface area contributed by atoms with Crippen LogP contribution in [0.3, 0.4) is 0 Å². The summed E-state index contributed by atoms with van der Waals surface area (Å²) in [6.45, 7) is 8.51. The van der Waals surface area contributed by atoms with Crippen molar-refractivity contribution in [2.75, 3.05) is 19.8 Å². The van der Waals surface area contributed by atoms with Crippen LogP contribution < -0.4 is 5.32 Å². The van der Waals surface area contributed by atoms with Crippen LogP contribution in [0.25, 0.3) is 0 Å². The molecule has 0 bridgehead atoms. The van der Waals surface area contributed by atoms with Gasteiger partial charge in [-0.15, -0.1) is 0 Å². The summed E-state index contributed by atoms with van der Waals surface area (Å²) in [5.41, 5.74) is 0. The van der Waals surface area contributed by atoms with Crippen LogP contribution >= 0.6 is 0 Å². The number of hydrogen-bond acceptors (Lipinski definition) is 5. The third kappa shape index (κ3) is 51.7. The van der Waals surface area contributed by atoms with Gasteiger partial charge in [-0.25, -0.2) is 0 Å². The second-order valence-corrected chi connectivity index (χ2v) is 20.0. The molecule has 0 saturated heterocycles. The first-order valence-corrected chi connectivity index (χ1v) is 29.2. The molecule has 0 radical (unpaired) electrons. The summed E-state index contributed by atoms with van der Waals surface area (Å²) in [4.78, 5) is 26.0. The second-order valence-electron chi connectivity index (χ2n) is 20.0. The van der Waals surface area contributed by atoms with Crippen LogP contribution in [0, 0.1) is 0 Å². The highest BCUT2D eigenvalue weighted by atomic mass is 16.5. The van der Waals surface area contributed by atoms with Gasteiger partial charge in [0.25, 0.3) is 0 Å². The van der Waals surface area contributed by atoms with Gasteiger partial charge in [0, 0.05) is 0 Å². The molecule has 63 heavy (non-hydrogen) atoms. The Morgan fingerprint density at radius 2 is 0.524 bits per heavy atom. The molecule has 1 atom stereocenters. The highest BCUT2D eigenvalue weighted by Crippen LogP contribution is 2.17. The van der Waals surface area contributed by atoms with Gasteiger partial charge in [-0.05, 0) is 25.8 Å². The van der Waals surface area contributed by atoms with Crippen molar-refractivity contribution in [2.24, 2.45) is 0 Å². The van der Waals surface area contributed by atoms with Crippen LogP contribution in [0.1, 0.15) is 335 Å². The minimum atomic E-state index is -0.610. The highest BCUT2D eigenvalue weighted by Gasteiger charge is 2.23. The average molecular weight is 891 g/mol. The van der Waals surface area contributed by atoms with Gasteiger partial charge in [0.1, 0.15) is 6.04 Å². The lowest BCUT2D eigenvalue weighted by Crippen LogP contribution is -2.40. The normalized spacial score (nSPS) is 12.0. The van der Waals surface area contributed by atoms with Crippen molar-refractivity contribution in [3.63, 3.8) is 0 Å². The third-order valence-electron chi connectivity index (χ3n) is 13.6. The molecule has 0 aliphatic rings. The van der Waals surface area contributed by atoms with E-state index in [4.69, 9.17) is 9.47 Å². The zero-order valence-electron chi connectivity index (χ0n) is 43.5. The monoisotopic (exact) mass is 890 g/mol. The molecule has 0 saturated carbocycles. The smallest absolute Gasteiger partial charge is 0.323 e. The number of rotatable bonds is 55. The maximum Gasteiger partial charge on any atom is 0.323 e. The molecule has 0 aromatic rings. The number of unbranched alkanes of at least 4 members (excludes halogenated alkanes) is 45. The Morgan fingerprint density at radius 3 is 0.794 bits per heavy atom. The number of esters is 2. The fourth-order valence-electron chi connectivity index (χ4n) is 9.17. The molecule has 0 heterocycles. The SMILES string of the molecule is CCCCCCCCCCCCCCCCCCN[C@@H](CC(=O)OCCCCCCCCCCCCCCCCCC)C(=O)OCCCCCCCCCCCCCCCCCC. The van der Waals surface area contributed by atoms with E-state index in [0.717, 1.165) is 45.1 Å². The van der Waals surface area contributed by atoms with Crippen LogP contribution in [0.5, 0.6) is 0 Å². The summed E-state index contributed by atoms with van der Waals surface area (Å²) in [7, 11) is 0. The van der Waals surface area contributed by atoms with Gasteiger partial charge in [0.2, 0.25) is 0 Å². The molecule has 0 aromatic heterocycles. The van der Waals surface area contributed by atoms with Crippen molar-refractivity contribution >= 4 is 11.9 Å². The molecular weight excluding hydrogens is 775 g/mol. The fraction of sp³-hybridized carbons (Fsp3) is 0.966. The van der Waals surface area contributed by atoms with Crippen molar-refractivity contribution in [3.05, 3.63) is 0 Å². The summed E-state index contributed by atoms with van der Waals surface area (Å²) in [6, 6.07) is -0.610. The Morgan fingerprint density at radius 1 is 0.302 bits per heavy atom. The van der Waals surface area contributed by atoms with Crippen LogP contribution in [0.4, 0.5) is 0 Å². The molecule has 0 unspecified atom stereocenters. The van der Waals surface area contributed by atoms with Gasteiger partial charge in [0.15, 0.2) is 0 Å². The second kappa shape index (κ2) is 55.2. The molecule has 0 fully saturated rings. The van der Waals surface area contributed by atoms with E-state index in [1.807, 2.05) is 0 Å². The molecule has 1 N–H and O–H groups in total. The van der Waals surface area contributed by atoms with Crippen molar-refractivity contribution in [3.8, 4) is 0 Å². The quantitative estimate of drug-likeness (QED) is 0.0487. The maximum absolute atomic E-state index is 13.2. The van der Waals surface area contributed by atoms with Crippen LogP contribution in [-0.4, -0.2) is 37.7 Å². The zero-order valence-corrected chi connectivity index (χ0v) is 43.5. The molecule has 5 nitrogen and oxygen atoms in total. The van der Waals surface area contributed by atoms with Crippen molar-refractivity contribution in [1.29, 1.82) is 0 Å². The Bertz CT molecular complexity index is 879. The van der Waals surface area contributed by atoms with Gasteiger partial charge in [-0.1, -0.05) is 310 Å². The first-order chi connectivity index (χ1) is 31.2. The van der Waals surface area contributed by atoms with Gasteiger partial charge in [0.05, 0.1) is 19.6 Å². The van der Waals surface area contributed by atoms with Gasteiger partial charge in [-0.3, -0.25) is 9.59 Å². The van der Waals surface area contributed by atoms with E-state index >= 15 is 0 Å². The predicted octanol–water partition coefficient (Wildman–Crippen LogP) is 19.2. The van der Waals surface area contributed by atoms with Crippen molar-refractivity contribution in [1.82, 2.24) is 5.32 Å². The van der Waals surface area contributed by atoms with E-state index in [0.29, 0.717) is 13.2 Å². The van der Waals surface area contributed by atoms with E-state index in [-0.39, 0.29) is 18.4 Å². The minimum Gasteiger partial charge on any atom is -0.466 e. The lowest BCUT2D eigenvalue weighted by Gasteiger charge is -2.17. The van der Waals surface area contributed by atoms with E-state index in [1.54, 1.807) is 0 Å². The first-order valence-electron chi connectivity index (χ1n) is 29.2. The predicted molar refractivity (Wildman–Crippen MR) is 277 cm³/mol. The number of carbonyl (C=O) groups excluding carboxylic acids is 2. The molecule has 0 aliphatic carbocycles. The fourth-order valence-corrected chi connectivity index (χ4v) is 9.17. The van der Waals surface area contributed by atoms with E-state index in [1.165, 1.54) is 270 Å². The molecule has 0 aromatic carbocycles. The van der Waals surface area contributed by atoms with Gasteiger partial charge >= 0.3 is 11.9 Å². The van der Waals surface area contributed by atoms with Crippen molar-refractivity contribution in [2.45, 2.75) is 341 Å². The molecule has 0 amide bonds. The Kier molecular flexibility index (Phi) is 54.3. The standard InChI is InChI=1S/C58H115NO4/c1-4-7-10-13-16-19-22-25-28-31-34-37-40-43-46-49-52-59-56(58(61)63-54-51-48-45-42-39-36-33-30-27-24-21-18-15-12-9-6-3)55-57(60)62-53-50-47-44-41-38-35-32-29-26-23-20-17-14-11-8-5-2/h56,59H,4-55H2,1-3H3/t56-/m0/s1. The summed E-state index contributed by atoms with van der Waals surface area (Å²) in [6.07, 6.45) is 64.0. The lowest BCUT2D eigenvalue weighted by atomic mass is 10.0. The first kappa shape index (κ1) is 61.9. The Balaban J connectivity index is 4.19. The lowest BCUT2D eigenvalue weighted by molar-refractivity contribution is -0.153. The van der Waals surface area contributed by atoms with Crippen LogP contribution in [0.15, 0.2) is 0 Å². The third-order valence-corrected chi connectivity index (χ3v) is 13.6. The average Bonchev–Trinajstić information content (AvgIpc) is 3.29. The number of hydrogen-bond donors (Lipinski definition) is 1.